The second-order valence-corrected chi connectivity index (χ2v) is 5.79. The largest absolute Gasteiger partial charge is 0.481 e. The Morgan fingerprint density at radius 2 is 2.00 bits per heavy atom. The fourth-order valence-corrected chi connectivity index (χ4v) is 3.33. The molecule has 2 rings (SSSR count). The number of carboxylic acids is 1. The molecule has 5 heteroatoms. The zero-order valence-corrected chi connectivity index (χ0v) is 11.5. The fourth-order valence-electron chi connectivity index (χ4n) is 3.33. The normalized spacial score (nSPS) is 31.4. The second-order valence-electron chi connectivity index (χ2n) is 5.79. The summed E-state index contributed by atoms with van der Waals surface area (Å²) in [6, 6.07) is 0. The summed E-state index contributed by atoms with van der Waals surface area (Å²) >= 11 is 0. The van der Waals surface area contributed by atoms with Crippen LogP contribution < -0.4 is 0 Å². The molecule has 1 saturated carbocycles. The quantitative estimate of drug-likeness (QED) is 0.837. The number of ether oxygens (including phenoxy) is 1. The number of carboxylic acid groups (broad SMARTS) is 1. The van der Waals surface area contributed by atoms with E-state index in [0.29, 0.717) is 25.4 Å². The molecule has 19 heavy (non-hydrogen) atoms. The molecule has 2 aliphatic rings. The number of amides is 1. The number of hydrogen-bond acceptors (Lipinski definition) is 3. The van der Waals surface area contributed by atoms with Gasteiger partial charge in [0.25, 0.3) is 0 Å². The lowest BCUT2D eigenvalue weighted by atomic mass is 9.96. The monoisotopic (exact) mass is 269 g/mol. The predicted octanol–water partition coefficient (Wildman–Crippen LogP) is 1.37. The highest BCUT2D eigenvalue weighted by Crippen LogP contribution is 2.33. The predicted molar refractivity (Wildman–Crippen MR) is 69.6 cm³/mol. The molecule has 1 heterocycles. The number of piperidine rings is 1. The molecule has 0 radical (unpaired) electrons. The maximum atomic E-state index is 12.4. The van der Waals surface area contributed by atoms with Gasteiger partial charge in [-0.1, -0.05) is 0 Å². The Balaban J connectivity index is 1.87. The molecule has 3 unspecified atom stereocenters. The van der Waals surface area contributed by atoms with Gasteiger partial charge in [-0.2, -0.15) is 0 Å². The van der Waals surface area contributed by atoms with Gasteiger partial charge in [0.2, 0.25) is 5.91 Å². The van der Waals surface area contributed by atoms with Crippen LogP contribution in [0.4, 0.5) is 0 Å². The molecule has 0 bridgehead atoms. The molecule has 0 aromatic heterocycles. The van der Waals surface area contributed by atoms with Gasteiger partial charge in [0.05, 0.1) is 12.5 Å². The number of methoxy groups -OCH3 is 1. The van der Waals surface area contributed by atoms with Crippen LogP contribution in [0.1, 0.15) is 32.1 Å². The van der Waals surface area contributed by atoms with E-state index >= 15 is 0 Å². The summed E-state index contributed by atoms with van der Waals surface area (Å²) in [5.41, 5.74) is 0. The van der Waals surface area contributed by atoms with Gasteiger partial charge >= 0.3 is 5.97 Å². The molecule has 1 aliphatic carbocycles. The summed E-state index contributed by atoms with van der Waals surface area (Å²) in [6.45, 7) is 2.28. The Bertz CT molecular complexity index is 342. The molecule has 1 aliphatic heterocycles. The molecule has 1 N–H and O–H groups in total. The summed E-state index contributed by atoms with van der Waals surface area (Å²) < 4.78 is 5.17. The number of hydrogen-bond donors (Lipinski definition) is 1. The smallest absolute Gasteiger partial charge is 0.306 e. The summed E-state index contributed by atoms with van der Waals surface area (Å²) in [4.78, 5) is 25.3. The van der Waals surface area contributed by atoms with Crippen LogP contribution in [0.5, 0.6) is 0 Å². The first-order valence-electron chi connectivity index (χ1n) is 7.12. The van der Waals surface area contributed by atoms with Crippen molar-refractivity contribution in [2.24, 2.45) is 17.8 Å². The number of nitrogens with zero attached hydrogens (tertiary/aromatic N) is 1. The lowest BCUT2D eigenvalue weighted by Crippen LogP contribution is -2.43. The number of carbonyl (C=O) groups excluding carboxylic acids is 1. The fraction of sp³-hybridized carbons (Fsp3) is 0.857. The van der Waals surface area contributed by atoms with Gasteiger partial charge in [0.1, 0.15) is 0 Å². The average Bonchev–Trinajstić information content (AvgIpc) is 2.88. The highest BCUT2D eigenvalue weighted by atomic mass is 16.5. The van der Waals surface area contributed by atoms with Crippen molar-refractivity contribution in [1.29, 1.82) is 0 Å². The van der Waals surface area contributed by atoms with Crippen LogP contribution in [-0.2, 0) is 14.3 Å². The van der Waals surface area contributed by atoms with Crippen LogP contribution >= 0.6 is 0 Å². The van der Waals surface area contributed by atoms with E-state index in [-0.39, 0.29) is 17.7 Å². The second kappa shape index (κ2) is 6.37. The Labute approximate surface area is 113 Å². The third kappa shape index (κ3) is 3.47. The average molecular weight is 269 g/mol. The third-order valence-electron chi connectivity index (χ3n) is 4.36. The molecule has 3 atom stereocenters. The van der Waals surface area contributed by atoms with E-state index in [0.717, 1.165) is 32.4 Å². The zero-order valence-electron chi connectivity index (χ0n) is 11.5. The van der Waals surface area contributed by atoms with Crippen molar-refractivity contribution in [1.82, 2.24) is 4.90 Å². The minimum Gasteiger partial charge on any atom is -0.481 e. The first-order chi connectivity index (χ1) is 9.11. The van der Waals surface area contributed by atoms with Gasteiger partial charge in [-0.3, -0.25) is 9.59 Å². The standard InChI is InChI=1S/C14H23NO4/c1-19-9-10-3-2-6-15(8-10)13(16)11-4-5-12(7-11)14(17)18/h10-12H,2-9H2,1H3,(H,17,18). The molecule has 5 nitrogen and oxygen atoms in total. The van der Waals surface area contributed by atoms with Crippen molar-refractivity contribution >= 4 is 11.9 Å². The topological polar surface area (TPSA) is 66.8 Å². The van der Waals surface area contributed by atoms with E-state index in [1.807, 2.05) is 4.90 Å². The lowest BCUT2D eigenvalue weighted by Gasteiger charge is -2.34. The van der Waals surface area contributed by atoms with E-state index in [9.17, 15) is 9.59 Å². The van der Waals surface area contributed by atoms with Crippen molar-refractivity contribution in [2.75, 3.05) is 26.8 Å². The van der Waals surface area contributed by atoms with Gasteiger partial charge in [-0.25, -0.2) is 0 Å². The van der Waals surface area contributed by atoms with Gasteiger partial charge < -0.3 is 14.7 Å². The Kier molecular flexibility index (Phi) is 4.80. The molecule has 0 aromatic rings. The number of carbonyl (C=O) groups is 2. The van der Waals surface area contributed by atoms with Crippen molar-refractivity contribution in [3.63, 3.8) is 0 Å². The van der Waals surface area contributed by atoms with Gasteiger partial charge in [-0.05, 0) is 38.0 Å². The first-order valence-corrected chi connectivity index (χ1v) is 7.12. The van der Waals surface area contributed by atoms with Gasteiger partial charge in [-0.15, -0.1) is 0 Å². The maximum Gasteiger partial charge on any atom is 0.306 e. The first kappa shape index (κ1) is 14.3. The number of aliphatic carboxylic acids is 1. The summed E-state index contributed by atoms with van der Waals surface area (Å²) in [7, 11) is 1.69. The highest BCUT2D eigenvalue weighted by molar-refractivity contribution is 5.81. The molecular formula is C14H23NO4. The highest BCUT2D eigenvalue weighted by Gasteiger charge is 2.36. The van der Waals surface area contributed by atoms with Crippen molar-refractivity contribution in [3.8, 4) is 0 Å². The minimum absolute atomic E-state index is 0.0811. The van der Waals surface area contributed by atoms with E-state index in [1.54, 1.807) is 7.11 Å². The van der Waals surface area contributed by atoms with Gasteiger partial charge in [0.15, 0.2) is 0 Å². The molecule has 0 aromatic carbocycles. The molecule has 108 valence electrons. The van der Waals surface area contributed by atoms with Crippen LogP contribution in [-0.4, -0.2) is 48.7 Å². The Morgan fingerprint density at radius 1 is 1.26 bits per heavy atom. The van der Waals surface area contributed by atoms with Crippen LogP contribution in [0.3, 0.4) is 0 Å². The summed E-state index contributed by atoms with van der Waals surface area (Å²) in [6.07, 6.45) is 4.01. The van der Waals surface area contributed by atoms with Crippen LogP contribution in [0, 0.1) is 17.8 Å². The molecule has 0 spiro atoms. The van der Waals surface area contributed by atoms with Crippen molar-refractivity contribution in [2.45, 2.75) is 32.1 Å². The Hall–Kier alpha value is -1.10. The van der Waals surface area contributed by atoms with E-state index in [2.05, 4.69) is 0 Å². The van der Waals surface area contributed by atoms with Crippen LogP contribution in [0.15, 0.2) is 0 Å². The van der Waals surface area contributed by atoms with Crippen LogP contribution in [0.25, 0.3) is 0 Å². The lowest BCUT2D eigenvalue weighted by molar-refractivity contribution is -0.142. The molecule has 1 saturated heterocycles. The SMILES string of the molecule is COCC1CCCN(C(=O)C2CCC(C(=O)O)C2)C1. The van der Waals surface area contributed by atoms with Gasteiger partial charge in [0, 0.05) is 26.1 Å². The Morgan fingerprint density at radius 3 is 2.63 bits per heavy atom. The van der Waals surface area contributed by atoms with Crippen molar-refractivity contribution < 1.29 is 19.4 Å². The van der Waals surface area contributed by atoms with E-state index < -0.39 is 5.97 Å². The third-order valence-corrected chi connectivity index (χ3v) is 4.36. The molecular weight excluding hydrogens is 246 g/mol. The minimum atomic E-state index is -0.758. The van der Waals surface area contributed by atoms with E-state index in [1.165, 1.54) is 0 Å². The van der Waals surface area contributed by atoms with Crippen LogP contribution in [0.2, 0.25) is 0 Å². The van der Waals surface area contributed by atoms with E-state index in [4.69, 9.17) is 9.84 Å². The number of rotatable bonds is 4. The van der Waals surface area contributed by atoms with Crippen molar-refractivity contribution in [3.05, 3.63) is 0 Å². The summed E-state index contributed by atoms with van der Waals surface area (Å²) in [5, 5.41) is 8.99. The maximum absolute atomic E-state index is 12.4. The zero-order chi connectivity index (χ0) is 13.8. The summed E-state index contributed by atoms with van der Waals surface area (Å²) in [5.74, 6) is -0.578. The number of likely N-dealkylation sites (tertiary alicyclic amines) is 1. The molecule has 1 amide bonds. The molecule has 2 fully saturated rings.